The minimum Gasteiger partial charge on any atom is -0.467 e. The zero-order chi connectivity index (χ0) is 15.5. The van der Waals surface area contributed by atoms with E-state index >= 15 is 0 Å². The van der Waals surface area contributed by atoms with Crippen LogP contribution in [0.25, 0.3) is 0 Å². The van der Waals surface area contributed by atoms with Crippen LogP contribution in [0.4, 0.5) is 18.3 Å². The van der Waals surface area contributed by atoms with Crippen LogP contribution in [0.1, 0.15) is 10.4 Å². The van der Waals surface area contributed by atoms with Crippen LogP contribution in [0.15, 0.2) is 23.8 Å². The van der Waals surface area contributed by atoms with Gasteiger partial charge in [0.25, 0.3) is 5.91 Å². The van der Waals surface area contributed by atoms with Crippen molar-refractivity contribution in [1.29, 1.82) is 0 Å². The van der Waals surface area contributed by atoms with Gasteiger partial charge in [0.15, 0.2) is 11.7 Å². The smallest absolute Gasteiger partial charge is 0.422 e. The van der Waals surface area contributed by atoms with Crippen LogP contribution in [-0.2, 0) is 0 Å². The van der Waals surface area contributed by atoms with Crippen molar-refractivity contribution in [2.24, 2.45) is 0 Å². The van der Waals surface area contributed by atoms with Gasteiger partial charge in [-0.2, -0.15) is 13.2 Å². The molecular weight excluding hydrogens is 331 g/mol. The summed E-state index contributed by atoms with van der Waals surface area (Å²) in [5.74, 6) is -0.915. The zero-order valence-corrected chi connectivity index (χ0v) is 11.7. The molecule has 1 N–H and O–H groups in total. The molecule has 5 nitrogen and oxygen atoms in total. The fourth-order valence-electron chi connectivity index (χ4n) is 1.26. The lowest BCUT2D eigenvalue weighted by Gasteiger charge is -2.10. The van der Waals surface area contributed by atoms with Crippen LogP contribution in [0.5, 0.6) is 5.88 Å². The van der Waals surface area contributed by atoms with Gasteiger partial charge in [0.2, 0.25) is 5.88 Å². The summed E-state index contributed by atoms with van der Waals surface area (Å²) < 4.78 is 40.5. The molecule has 0 aliphatic heterocycles. The summed E-state index contributed by atoms with van der Waals surface area (Å²) in [6.45, 7) is -1.51. The number of anilines is 1. The summed E-state index contributed by atoms with van der Waals surface area (Å²) in [6.07, 6.45) is -1.91. The lowest BCUT2D eigenvalue weighted by molar-refractivity contribution is -0.154. The van der Waals surface area contributed by atoms with Crippen molar-refractivity contribution in [3.8, 4) is 5.88 Å². The standard InChI is InChI=1S/C11H7ClF3N3O2S/c12-7-3-6(8(19)18-10-16-1-2-21-10)4-17-9(7)20-5-11(13,14)15/h1-4H,5H2,(H,16,18,19). The Morgan fingerprint density at radius 1 is 1.43 bits per heavy atom. The summed E-state index contributed by atoms with van der Waals surface area (Å²) in [7, 11) is 0. The molecule has 2 aromatic rings. The predicted octanol–water partition coefficient (Wildman–Crippen LogP) is 3.38. The molecule has 2 aromatic heterocycles. The minimum absolute atomic E-state index is 0.0783. The molecule has 0 saturated heterocycles. The number of nitrogens with one attached hydrogen (secondary N) is 1. The molecule has 2 heterocycles. The molecule has 0 saturated carbocycles. The molecule has 0 aliphatic carbocycles. The fraction of sp³-hybridized carbons (Fsp3) is 0.182. The molecule has 0 aliphatic rings. The van der Waals surface area contributed by atoms with Crippen LogP contribution in [0.2, 0.25) is 5.02 Å². The van der Waals surface area contributed by atoms with E-state index in [1.807, 2.05) is 0 Å². The largest absolute Gasteiger partial charge is 0.467 e. The van der Waals surface area contributed by atoms with Gasteiger partial charge in [-0.05, 0) is 6.07 Å². The van der Waals surface area contributed by atoms with Gasteiger partial charge in [-0.1, -0.05) is 11.6 Å². The van der Waals surface area contributed by atoms with E-state index in [9.17, 15) is 18.0 Å². The number of carbonyl (C=O) groups excluding carboxylic acids is 1. The van der Waals surface area contributed by atoms with Crippen molar-refractivity contribution in [2.45, 2.75) is 6.18 Å². The Hall–Kier alpha value is -1.87. The van der Waals surface area contributed by atoms with Crippen molar-refractivity contribution in [3.63, 3.8) is 0 Å². The number of nitrogens with zero attached hydrogens (tertiary/aromatic N) is 2. The first kappa shape index (κ1) is 15.5. The highest BCUT2D eigenvalue weighted by Crippen LogP contribution is 2.25. The molecule has 0 aromatic carbocycles. The number of rotatable bonds is 4. The van der Waals surface area contributed by atoms with Crippen molar-refractivity contribution >= 4 is 34.0 Å². The van der Waals surface area contributed by atoms with E-state index in [1.54, 1.807) is 5.38 Å². The summed E-state index contributed by atoms with van der Waals surface area (Å²) >= 11 is 6.95. The molecule has 0 atom stereocenters. The highest BCUT2D eigenvalue weighted by atomic mass is 35.5. The van der Waals surface area contributed by atoms with Gasteiger partial charge < -0.3 is 4.74 Å². The number of ether oxygens (including phenoxy) is 1. The number of halogens is 4. The molecule has 0 spiro atoms. The molecule has 10 heteroatoms. The highest BCUT2D eigenvalue weighted by Gasteiger charge is 2.29. The lowest BCUT2D eigenvalue weighted by atomic mass is 10.2. The van der Waals surface area contributed by atoms with Crippen molar-refractivity contribution in [1.82, 2.24) is 9.97 Å². The number of hydrogen-bond donors (Lipinski definition) is 1. The quantitative estimate of drug-likeness (QED) is 0.929. The summed E-state index contributed by atoms with van der Waals surface area (Å²) in [4.78, 5) is 19.3. The maximum atomic E-state index is 12.0. The Labute approximate surface area is 125 Å². The van der Waals surface area contributed by atoms with Gasteiger partial charge in [0.1, 0.15) is 5.02 Å². The number of hydrogen-bond acceptors (Lipinski definition) is 5. The zero-order valence-electron chi connectivity index (χ0n) is 10.1. The Morgan fingerprint density at radius 3 is 2.76 bits per heavy atom. The molecule has 21 heavy (non-hydrogen) atoms. The van der Waals surface area contributed by atoms with Crippen LogP contribution in [-0.4, -0.2) is 28.7 Å². The summed E-state index contributed by atoms with van der Waals surface area (Å²) in [5.41, 5.74) is 0.0783. The SMILES string of the molecule is O=C(Nc1nccs1)c1cnc(OCC(F)(F)F)c(Cl)c1. The van der Waals surface area contributed by atoms with Gasteiger partial charge in [0.05, 0.1) is 5.56 Å². The van der Waals surface area contributed by atoms with E-state index in [4.69, 9.17) is 11.6 Å². The first-order valence-electron chi connectivity index (χ1n) is 5.41. The van der Waals surface area contributed by atoms with E-state index in [2.05, 4.69) is 20.0 Å². The average Bonchev–Trinajstić information content (AvgIpc) is 2.89. The summed E-state index contributed by atoms with van der Waals surface area (Å²) in [5, 5.41) is 4.36. The normalized spacial score (nSPS) is 11.2. The number of thiazole rings is 1. The molecule has 0 bridgehead atoms. The second-order valence-corrected chi connectivity index (χ2v) is 5.01. The van der Waals surface area contributed by atoms with Gasteiger partial charge in [-0.3, -0.25) is 10.1 Å². The van der Waals surface area contributed by atoms with E-state index in [0.717, 1.165) is 6.20 Å². The van der Waals surface area contributed by atoms with Crippen LogP contribution in [0, 0.1) is 0 Å². The maximum absolute atomic E-state index is 12.0. The third-order valence-corrected chi connectivity index (χ3v) is 3.05. The first-order valence-corrected chi connectivity index (χ1v) is 6.67. The molecular formula is C11H7ClF3N3O2S. The Morgan fingerprint density at radius 2 is 2.19 bits per heavy atom. The van der Waals surface area contributed by atoms with Crippen LogP contribution in [0.3, 0.4) is 0 Å². The van der Waals surface area contributed by atoms with Crippen molar-refractivity contribution in [3.05, 3.63) is 34.4 Å². The first-order chi connectivity index (χ1) is 9.85. The van der Waals surface area contributed by atoms with Gasteiger partial charge in [-0.25, -0.2) is 9.97 Å². The van der Waals surface area contributed by atoms with E-state index in [0.29, 0.717) is 5.13 Å². The van der Waals surface area contributed by atoms with Crippen molar-refractivity contribution in [2.75, 3.05) is 11.9 Å². The molecule has 0 fully saturated rings. The number of aromatic nitrogens is 2. The third kappa shape index (κ3) is 4.57. The number of alkyl halides is 3. The Kier molecular flexibility index (Phi) is 4.63. The Balaban J connectivity index is 2.06. The number of carbonyl (C=O) groups is 1. The van der Waals surface area contributed by atoms with Gasteiger partial charge in [0, 0.05) is 17.8 Å². The van der Waals surface area contributed by atoms with E-state index < -0.39 is 18.7 Å². The second-order valence-electron chi connectivity index (χ2n) is 3.71. The van der Waals surface area contributed by atoms with Gasteiger partial charge in [-0.15, -0.1) is 11.3 Å². The molecule has 112 valence electrons. The minimum atomic E-state index is -4.49. The van der Waals surface area contributed by atoms with E-state index in [1.165, 1.54) is 23.6 Å². The molecule has 2 rings (SSSR count). The topological polar surface area (TPSA) is 64.1 Å². The van der Waals surface area contributed by atoms with Crippen LogP contribution < -0.4 is 10.1 Å². The second kappa shape index (κ2) is 6.27. The Bertz CT molecular complexity index is 634. The fourth-order valence-corrected chi connectivity index (χ4v) is 2.01. The highest BCUT2D eigenvalue weighted by molar-refractivity contribution is 7.13. The van der Waals surface area contributed by atoms with Crippen molar-refractivity contribution < 1.29 is 22.7 Å². The maximum Gasteiger partial charge on any atom is 0.422 e. The number of amides is 1. The molecule has 0 radical (unpaired) electrons. The summed E-state index contributed by atoms with van der Waals surface area (Å²) in [6, 6.07) is 1.17. The van der Waals surface area contributed by atoms with Gasteiger partial charge >= 0.3 is 6.18 Å². The molecule has 1 amide bonds. The number of pyridine rings is 1. The van der Waals surface area contributed by atoms with Crippen LogP contribution >= 0.6 is 22.9 Å². The predicted molar refractivity (Wildman–Crippen MR) is 70.9 cm³/mol. The lowest BCUT2D eigenvalue weighted by Crippen LogP contribution is -2.20. The average molecular weight is 338 g/mol. The molecule has 0 unspecified atom stereocenters. The van der Waals surface area contributed by atoms with E-state index in [-0.39, 0.29) is 16.5 Å². The monoisotopic (exact) mass is 337 g/mol. The third-order valence-electron chi connectivity index (χ3n) is 2.09.